The molecule has 3 aromatic rings. The molecule has 0 fully saturated rings. The fraction of sp³-hybridized carbons (Fsp3) is 0.391. The molecule has 2 atom stereocenters. The Morgan fingerprint density at radius 2 is 2.00 bits per heavy atom. The van der Waals surface area contributed by atoms with Crippen molar-refractivity contribution in [1.29, 1.82) is 0 Å². The summed E-state index contributed by atoms with van der Waals surface area (Å²) in [6, 6.07) is 11.1. The van der Waals surface area contributed by atoms with Crippen LogP contribution in [0.15, 0.2) is 40.8 Å². The highest BCUT2D eigenvalue weighted by Gasteiger charge is 2.21. The van der Waals surface area contributed by atoms with E-state index in [4.69, 9.17) is 25.5 Å². The number of halogens is 1. The van der Waals surface area contributed by atoms with Gasteiger partial charge in [0.15, 0.2) is 6.10 Å². The Morgan fingerprint density at radius 1 is 1.26 bits per heavy atom. The molecule has 1 aromatic carbocycles. The molecule has 0 saturated carbocycles. The van der Waals surface area contributed by atoms with Gasteiger partial charge >= 0.3 is 5.97 Å². The molecule has 0 bridgehead atoms. The number of ether oxygens (including phenoxy) is 2. The summed E-state index contributed by atoms with van der Waals surface area (Å²) < 4.78 is 17.9. The summed E-state index contributed by atoms with van der Waals surface area (Å²) in [5.41, 5.74) is 1.73. The Hall–Kier alpha value is -2.35. The van der Waals surface area contributed by atoms with Gasteiger partial charge in [-0.05, 0) is 50.1 Å². The van der Waals surface area contributed by atoms with Gasteiger partial charge in [-0.15, -0.1) is 11.3 Å². The van der Waals surface area contributed by atoms with E-state index in [1.54, 1.807) is 0 Å². The number of oxazole rings is 1. The number of aromatic nitrogens is 1. The van der Waals surface area contributed by atoms with Crippen LogP contribution in [0.25, 0.3) is 10.8 Å². The lowest BCUT2D eigenvalue weighted by molar-refractivity contribution is -0.153. The third kappa shape index (κ3) is 6.56. The van der Waals surface area contributed by atoms with Crippen LogP contribution < -0.4 is 4.74 Å². The minimum atomic E-state index is -0.951. The number of carbonyl (C=O) groups is 1. The maximum Gasteiger partial charge on any atom is 0.333 e. The maximum atomic E-state index is 11.5. The van der Waals surface area contributed by atoms with Crippen LogP contribution in [0.5, 0.6) is 5.75 Å². The van der Waals surface area contributed by atoms with Crippen molar-refractivity contribution in [3.8, 4) is 16.5 Å². The first-order chi connectivity index (χ1) is 14.9. The summed E-state index contributed by atoms with van der Waals surface area (Å²) in [4.78, 5) is 16.9. The Morgan fingerprint density at radius 3 is 2.61 bits per heavy atom. The monoisotopic (exact) mass is 463 g/mol. The van der Waals surface area contributed by atoms with Crippen molar-refractivity contribution in [2.24, 2.45) is 0 Å². The van der Waals surface area contributed by atoms with Gasteiger partial charge < -0.3 is 19.0 Å². The number of nitrogens with zero attached hydrogens (tertiary/aromatic N) is 1. The van der Waals surface area contributed by atoms with E-state index in [-0.39, 0.29) is 6.10 Å². The highest BCUT2D eigenvalue weighted by molar-refractivity contribution is 7.19. The number of aliphatic carboxylic acids is 1. The molecule has 0 aliphatic heterocycles. The molecule has 0 saturated heterocycles. The van der Waals surface area contributed by atoms with Gasteiger partial charge in [0.2, 0.25) is 5.89 Å². The van der Waals surface area contributed by atoms with Gasteiger partial charge in [0.05, 0.1) is 27.6 Å². The van der Waals surface area contributed by atoms with Crippen LogP contribution in [0, 0.1) is 6.92 Å². The average molecular weight is 464 g/mol. The van der Waals surface area contributed by atoms with Crippen LogP contribution >= 0.6 is 22.9 Å². The summed E-state index contributed by atoms with van der Waals surface area (Å²) in [5, 5.41) is 9.39. The minimum Gasteiger partial charge on any atom is -0.493 e. The first-order valence-corrected chi connectivity index (χ1v) is 11.4. The van der Waals surface area contributed by atoms with Gasteiger partial charge in [-0.1, -0.05) is 30.7 Å². The van der Waals surface area contributed by atoms with Gasteiger partial charge in [-0.25, -0.2) is 9.78 Å². The highest BCUT2D eigenvalue weighted by atomic mass is 35.5. The predicted molar refractivity (Wildman–Crippen MR) is 121 cm³/mol. The van der Waals surface area contributed by atoms with Crippen LogP contribution in [-0.2, 0) is 22.4 Å². The van der Waals surface area contributed by atoms with Crippen LogP contribution in [0.4, 0.5) is 0 Å². The van der Waals surface area contributed by atoms with Crippen LogP contribution in [-0.4, -0.2) is 34.9 Å². The van der Waals surface area contributed by atoms with Crippen molar-refractivity contribution in [2.45, 2.75) is 52.2 Å². The smallest absolute Gasteiger partial charge is 0.333 e. The zero-order valence-electron chi connectivity index (χ0n) is 17.8. The zero-order chi connectivity index (χ0) is 22.4. The number of aryl methyl sites for hydroxylation is 1. The number of thiophene rings is 1. The van der Waals surface area contributed by atoms with Gasteiger partial charge in [0, 0.05) is 12.8 Å². The number of hydrogen-bond donors (Lipinski definition) is 1. The predicted octanol–water partition coefficient (Wildman–Crippen LogP) is 5.80. The highest BCUT2D eigenvalue weighted by Crippen LogP contribution is 2.31. The first kappa shape index (κ1) is 23.3. The van der Waals surface area contributed by atoms with E-state index in [1.807, 2.05) is 57.2 Å². The van der Waals surface area contributed by atoms with Crippen molar-refractivity contribution < 1.29 is 23.8 Å². The molecule has 0 spiro atoms. The summed E-state index contributed by atoms with van der Waals surface area (Å²) in [7, 11) is 0. The normalized spacial score (nSPS) is 13.2. The number of benzene rings is 1. The van der Waals surface area contributed by atoms with E-state index in [0.29, 0.717) is 35.4 Å². The molecule has 2 unspecified atom stereocenters. The van der Waals surface area contributed by atoms with E-state index < -0.39 is 12.1 Å². The summed E-state index contributed by atoms with van der Waals surface area (Å²) >= 11 is 7.41. The van der Waals surface area contributed by atoms with Gasteiger partial charge in [0.1, 0.15) is 11.5 Å². The van der Waals surface area contributed by atoms with Crippen molar-refractivity contribution in [2.75, 3.05) is 6.61 Å². The molecule has 2 aromatic heterocycles. The second-order valence-corrected chi connectivity index (χ2v) is 8.97. The molecule has 2 heterocycles. The molecule has 8 heteroatoms. The summed E-state index contributed by atoms with van der Waals surface area (Å²) in [5.74, 6) is 1.10. The molecule has 0 radical (unpaired) electrons. The van der Waals surface area contributed by atoms with Crippen LogP contribution in [0.2, 0.25) is 4.34 Å². The van der Waals surface area contributed by atoms with Gasteiger partial charge in [0.25, 0.3) is 0 Å². The van der Waals surface area contributed by atoms with E-state index in [9.17, 15) is 9.90 Å². The van der Waals surface area contributed by atoms with E-state index in [1.165, 1.54) is 11.3 Å². The fourth-order valence-corrected chi connectivity index (χ4v) is 3.94. The molecule has 166 valence electrons. The van der Waals surface area contributed by atoms with Crippen LogP contribution in [0.3, 0.4) is 0 Å². The number of rotatable bonds is 11. The molecule has 3 rings (SSSR count). The molecule has 0 aliphatic rings. The maximum absolute atomic E-state index is 11.5. The zero-order valence-corrected chi connectivity index (χ0v) is 19.3. The lowest BCUT2D eigenvalue weighted by atomic mass is 10.1. The van der Waals surface area contributed by atoms with E-state index in [0.717, 1.165) is 28.3 Å². The molecule has 1 N–H and O–H groups in total. The van der Waals surface area contributed by atoms with Crippen molar-refractivity contribution >= 4 is 28.9 Å². The summed E-state index contributed by atoms with van der Waals surface area (Å²) in [6.07, 6.45) is 0.739. The van der Waals surface area contributed by atoms with E-state index in [2.05, 4.69) is 4.98 Å². The molecule has 0 aliphatic carbocycles. The number of carboxylic acid groups (broad SMARTS) is 1. The quantitative estimate of drug-likeness (QED) is 0.387. The average Bonchev–Trinajstić information content (AvgIpc) is 3.34. The topological polar surface area (TPSA) is 81.8 Å². The third-order valence-electron chi connectivity index (χ3n) is 4.88. The lowest BCUT2D eigenvalue weighted by Crippen LogP contribution is -2.30. The Bertz CT molecular complexity index is 998. The van der Waals surface area contributed by atoms with E-state index >= 15 is 0 Å². The first-order valence-electron chi connectivity index (χ1n) is 10.2. The molecular weight excluding hydrogens is 438 g/mol. The number of hydrogen-bond acceptors (Lipinski definition) is 6. The Kier molecular flexibility index (Phi) is 8.12. The largest absolute Gasteiger partial charge is 0.493 e. The second-order valence-electron chi connectivity index (χ2n) is 7.25. The van der Waals surface area contributed by atoms with Gasteiger partial charge in [-0.3, -0.25) is 0 Å². The van der Waals surface area contributed by atoms with Crippen molar-refractivity contribution in [3.63, 3.8) is 0 Å². The molecular formula is C23H26ClNO5S. The molecule has 31 heavy (non-hydrogen) atoms. The van der Waals surface area contributed by atoms with Gasteiger partial charge in [-0.2, -0.15) is 0 Å². The fourth-order valence-electron chi connectivity index (χ4n) is 2.97. The second kappa shape index (κ2) is 10.8. The third-order valence-corrected chi connectivity index (χ3v) is 6.09. The molecule has 0 amide bonds. The van der Waals surface area contributed by atoms with Crippen molar-refractivity contribution in [1.82, 2.24) is 4.98 Å². The SMILES string of the molecule is CCC(C)OC(Cc1ccc(OCCc2nc(-c3ccc(Cl)s3)oc2C)cc1)C(=O)O. The standard InChI is InChI=1S/C23H26ClNO5S/c1-4-14(2)29-19(23(26)27)13-16-5-7-17(8-6-16)28-12-11-18-15(3)30-22(25-18)20-9-10-21(24)31-20/h5-10,14,19H,4,11-13H2,1-3H3,(H,26,27). The summed E-state index contributed by atoms with van der Waals surface area (Å²) in [6.45, 7) is 6.18. The Labute approximate surface area is 190 Å². The molecule has 6 nitrogen and oxygen atoms in total. The lowest BCUT2D eigenvalue weighted by Gasteiger charge is -2.18. The number of carboxylic acids is 1. The minimum absolute atomic E-state index is 0.0963. The van der Waals surface area contributed by atoms with Crippen LogP contribution in [0.1, 0.15) is 37.3 Å². The van der Waals surface area contributed by atoms with Crippen molar-refractivity contribution in [3.05, 3.63) is 57.8 Å². The Balaban J connectivity index is 1.52.